The molecule has 1 aromatic carbocycles. The molecule has 2 heterocycles. The van der Waals surface area contributed by atoms with E-state index in [1.54, 1.807) is 28.6 Å². The maximum atomic E-state index is 13.5. The number of carbonyl (C=O) groups excluding carboxylic acids is 1. The highest BCUT2D eigenvalue weighted by Crippen LogP contribution is 2.26. The highest BCUT2D eigenvalue weighted by molar-refractivity contribution is 7.89. The minimum atomic E-state index is -3.61. The van der Waals surface area contributed by atoms with Crippen molar-refractivity contribution in [1.82, 2.24) is 14.1 Å². The zero-order chi connectivity index (χ0) is 23.7. The van der Waals surface area contributed by atoms with E-state index in [0.29, 0.717) is 25.2 Å². The van der Waals surface area contributed by atoms with Crippen LogP contribution in [0.25, 0.3) is 0 Å². The van der Waals surface area contributed by atoms with Gasteiger partial charge in [0.2, 0.25) is 10.0 Å². The van der Waals surface area contributed by atoms with Crippen LogP contribution in [0.15, 0.2) is 29.2 Å². The number of hydrogen-bond acceptors (Lipinski definition) is 5. The molecule has 8 heteroatoms. The van der Waals surface area contributed by atoms with E-state index >= 15 is 0 Å². The summed E-state index contributed by atoms with van der Waals surface area (Å²) < 4.78 is 33.6. The highest BCUT2D eigenvalue weighted by Gasteiger charge is 2.31. The number of nitrogens with zero attached hydrogens (tertiary/aromatic N) is 3. The topological polar surface area (TPSA) is 70.2 Å². The van der Waals surface area contributed by atoms with E-state index in [9.17, 15) is 13.2 Å². The van der Waals surface area contributed by atoms with Crippen molar-refractivity contribution < 1.29 is 17.9 Å². The molecule has 2 aliphatic heterocycles. The van der Waals surface area contributed by atoms with E-state index < -0.39 is 10.0 Å². The van der Waals surface area contributed by atoms with Gasteiger partial charge in [-0.2, -0.15) is 4.31 Å². The molecule has 0 bridgehead atoms. The number of carbonyl (C=O) groups is 1. The van der Waals surface area contributed by atoms with Gasteiger partial charge in [0.1, 0.15) is 0 Å². The van der Waals surface area contributed by atoms with E-state index in [1.807, 2.05) is 11.8 Å². The Labute approximate surface area is 200 Å². The Kier molecular flexibility index (Phi) is 10.2. The molecule has 0 aliphatic carbocycles. The van der Waals surface area contributed by atoms with Crippen LogP contribution < -0.4 is 0 Å². The number of amides is 1. The SMILES string of the molecule is CCCCCCN(CCN1CCOCC1)C(=O)c1cccc(S(=O)(=O)N2CCCCC2C)c1. The van der Waals surface area contributed by atoms with Gasteiger partial charge in [0.25, 0.3) is 5.91 Å². The molecular formula is C25H41N3O4S. The Bertz CT molecular complexity index is 855. The number of unbranched alkanes of at least 4 members (excludes halogenated alkanes) is 3. The summed E-state index contributed by atoms with van der Waals surface area (Å²) in [4.78, 5) is 17.9. The van der Waals surface area contributed by atoms with E-state index in [2.05, 4.69) is 11.8 Å². The largest absolute Gasteiger partial charge is 0.379 e. The molecule has 0 radical (unpaired) electrons. The lowest BCUT2D eigenvalue weighted by molar-refractivity contribution is 0.0324. The average molecular weight is 480 g/mol. The Morgan fingerprint density at radius 1 is 1.09 bits per heavy atom. The Morgan fingerprint density at radius 2 is 1.88 bits per heavy atom. The second-order valence-electron chi connectivity index (χ2n) is 9.30. The van der Waals surface area contributed by atoms with Crippen LogP contribution >= 0.6 is 0 Å². The van der Waals surface area contributed by atoms with Crippen LogP contribution in [0.4, 0.5) is 0 Å². The maximum Gasteiger partial charge on any atom is 0.253 e. The first kappa shape index (κ1) is 26.1. The van der Waals surface area contributed by atoms with Crippen molar-refractivity contribution >= 4 is 15.9 Å². The minimum absolute atomic E-state index is 0.00769. The quantitative estimate of drug-likeness (QED) is 0.454. The third-order valence-corrected chi connectivity index (χ3v) is 8.80. The van der Waals surface area contributed by atoms with Crippen molar-refractivity contribution in [2.75, 3.05) is 52.5 Å². The number of rotatable bonds is 11. The van der Waals surface area contributed by atoms with Crippen molar-refractivity contribution in [1.29, 1.82) is 0 Å². The number of ether oxygens (including phenoxy) is 1. The Morgan fingerprint density at radius 3 is 2.61 bits per heavy atom. The molecule has 1 amide bonds. The lowest BCUT2D eigenvalue weighted by atomic mass is 10.1. The summed E-state index contributed by atoms with van der Waals surface area (Å²) in [6.07, 6.45) is 7.19. The molecule has 7 nitrogen and oxygen atoms in total. The van der Waals surface area contributed by atoms with Gasteiger partial charge in [0.15, 0.2) is 0 Å². The molecule has 1 aromatic rings. The third-order valence-electron chi connectivity index (χ3n) is 6.79. The first-order chi connectivity index (χ1) is 15.9. The van der Waals surface area contributed by atoms with Gasteiger partial charge in [-0.1, -0.05) is 38.7 Å². The first-order valence-electron chi connectivity index (χ1n) is 12.6. The van der Waals surface area contributed by atoms with Crippen LogP contribution in [0.1, 0.15) is 69.2 Å². The summed E-state index contributed by atoms with van der Waals surface area (Å²) in [6, 6.07) is 6.63. The molecule has 0 aromatic heterocycles. The Balaban J connectivity index is 1.73. The van der Waals surface area contributed by atoms with Crippen molar-refractivity contribution in [3.63, 3.8) is 0 Å². The smallest absolute Gasteiger partial charge is 0.253 e. The molecule has 3 rings (SSSR count). The number of hydrogen-bond donors (Lipinski definition) is 0. The normalized spacial score (nSPS) is 20.6. The second kappa shape index (κ2) is 12.8. The molecule has 0 N–H and O–H groups in total. The van der Waals surface area contributed by atoms with Gasteiger partial charge in [-0.05, 0) is 44.4 Å². The van der Waals surface area contributed by atoms with Crippen molar-refractivity contribution in [2.45, 2.75) is 69.7 Å². The van der Waals surface area contributed by atoms with Crippen molar-refractivity contribution in [3.05, 3.63) is 29.8 Å². The van der Waals surface area contributed by atoms with Crippen LogP contribution in [-0.2, 0) is 14.8 Å². The predicted octanol–water partition coefficient (Wildman–Crippen LogP) is 3.60. The van der Waals surface area contributed by atoms with Gasteiger partial charge in [0.05, 0.1) is 18.1 Å². The van der Waals surface area contributed by atoms with E-state index in [0.717, 1.165) is 77.8 Å². The van der Waals surface area contributed by atoms with Crippen LogP contribution in [0.2, 0.25) is 0 Å². The molecule has 1 atom stereocenters. The molecule has 2 fully saturated rings. The lowest BCUT2D eigenvalue weighted by Gasteiger charge is -2.32. The minimum Gasteiger partial charge on any atom is -0.379 e. The summed E-state index contributed by atoms with van der Waals surface area (Å²) in [6.45, 7) is 10.1. The van der Waals surface area contributed by atoms with Gasteiger partial charge < -0.3 is 9.64 Å². The molecular weight excluding hydrogens is 438 g/mol. The number of sulfonamides is 1. The molecule has 2 aliphatic rings. The summed E-state index contributed by atoms with van der Waals surface area (Å²) in [7, 11) is -3.61. The third kappa shape index (κ3) is 7.25. The maximum absolute atomic E-state index is 13.5. The standard InChI is InChI=1S/C25H41N3O4S/c1-3-4-5-7-13-27(16-15-26-17-19-32-20-18-26)25(29)23-11-9-12-24(21-23)33(30,31)28-14-8-6-10-22(28)2/h9,11-12,21-22H,3-8,10,13-20H2,1-2H3. The summed E-state index contributed by atoms with van der Waals surface area (Å²) in [5.41, 5.74) is 0.457. The van der Waals surface area contributed by atoms with Gasteiger partial charge in [0, 0.05) is 50.9 Å². The van der Waals surface area contributed by atoms with E-state index in [-0.39, 0.29) is 16.8 Å². The molecule has 33 heavy (non-hydrogen) atoms. The van der Waals surface area contributed by atoms with E-state index in [4.69, 9.17) is 4.74 Å². The zero-order valence-corrected chi connectivity index (χ0v) is 21.2. The fraction of sp³-hybridized carbons (Fsp3) is 0.720. The molecule has 0 saturated carbocycles. The monoisotopic (exact) mass is 479 g/mol. The highest BCUT2D eigenvalue weighted by atomic mass is 32.2. The average Bonchev–Trinajstić information content (AvgIpc) is 2.84. The lowest BCUT2D eigenvalue weighted by Crippen LogP contribution is -2.43. The van der Waals surface area contributed by atoms with Crippen LogP contribution in [0, 0.1) is 0 Å². The van der Waals surface area contributed by atoms with Gasteiger partial charge in [-0.15, -0.1) is 0 Å². The van der Waals surface area contributed by atoms with Crippen LogP contribution in [-0.4, -0.2) is 87.0 Å². The molecule has 1 unspecified atom stereocenters. The van der Waals surface area contributed by atoms with Gasteiger partial charge >= 0.3 is 0 Å². The molecule has 186 valence electrons. The van der Waals surface area contributed by atoms with E-state index in [1.165, 1.54) is 0 Å². The summed E-state index contributed by atoms with van der Waals surface area (Å²) >= 11 is 0. The van der Waals surface area contributed by atoms with Crippen LogP contribution in [0.5, 0.6) is 0 Å². The van der Waals surface area contributed by atoms with Crippen LogP contribution in [0.3, 0.4) is 0 Å². The molecule has 0 spiro atoms. The molecule has 2 saturated heterocycles. The number of benzene rings is 1. The summed E-state index contributed by atoms with van der Waals surface area (Å²) in [5, 5.41) is 0. The fourth-order valence-corrected chi connectivity index (χ4v) is 6.41. The van der Waals surface area contributed by atoms with Crippen molar-refractivity contribution in [2.24, 2.45) is 0 Å². The first-order valence-corrected chi connectivity index (χ1v) is 14.1. The van der Waals surface area contributed by atoms with Gasteiger partial charge in [-0.3, -0.25) is 9.69 Å². The van der Waals surface area contributed by atoms with Crippen molar-refractivity contribution in [3.8, 4) is 0 Å². The summed E-state index contributed by atoms with van der Waals surface area (Å²) in [5.74, 6) is -0.0801. The number of morpholine rings is 1. The predicted molar refractivity (Wildman–Crippen MR) is 131 cm³/mol. The fourth-order valence-electron chi connectivity index (χ4n) is 4.67. The Hall–Kier alpha value is -1.48. The number of piperidine rings is 1. The van der Waals surface area contributed by atoms with Gasteiger partial charge in [-0.25, -0.2) is 8.42 Å². The second-order valence-corrected chi connectivity index (χ2v) is 11.2. The zero-order valence-electron chi connectivity index (χ0n) is 20.4.